The average Bonchev–Trinajstić information content (AvgIpc) is 3.52. The average molecular weight is 489 g/mol. The lowest BCUT2D eigenvalue weighted by Gasteiger charge is -2.26. The lowest BCUT2D eigenvalue weighted by molar-refractivity contribution is -0.129. The number of carbonyl (C=O) groups is 1. The molecule has 8 nitrogen and oxygen atoms in total. The fourth-order valence-corrected chi connectivity index (χ4v) is 4.85. The molecule has 1 amide bonds. The fraction of sp³-hybridized carbons (Fsp3) is 0.348. The highest BCUT2D eigenvalue weighted by Gasteiger charge is 2.32. The van der Waals surface area contributed by atoms with Crippen LogP contribution in [0, 0.1) is 0 Å². The van der Waals surface area contributed by atoms with E-state index in [4.69, 9.17) is 25.8 Å². The van der Waals surface area contributed by atoms with Gasteiger partial charge in [-0.2, -0.15) is 0 Å². The third-order valence-electron chi connectivity index (χ3n) is 5.58. The first-order valence-corrected chi connectivity index (χ1v) is 11.8. The molecule has 1 saturated heterocycles. The van der Waals surface area contributed by atoms with E-state index in [0.717, 1.165) is 29.9 Å². The molecule has 4 rings (SSSR count). The van der Waals surface area contributed by atoms with Crippen LogP contribution in [0.25, 0.3) is 11.4 Å². The molecule has 1 atom stereocenters. The largest absolute Gasteiger partial charge is 0.497 e. The highest BCUT2D eigenvalue weighted by atomic mass is 35.5. The number of carbonyl (C=O) groups excluding carboxylic acids is 1. The number of H-pyrrole nitrogens is 1. The second-order valence-electron chi connectivity index (χ2n) is 7.45. The summed E-state index contributed by atoms with van der Waals surface area (Å²) in [6, 6.07) is 10.9. The molecule has 2 heterocycles. The smallest absolute Gasteiger partial charge is 0.233 e. The highest BCUT2D eigenvalue weighted by molar-refractivity contribution is 7.99. The molecule has 2 aromatic carbocycles. The van der Waals surface area contributed by atoms with Crippen LogP contribution >= 0.6 is 23.4 Å². The number of methoxy groups -OCH3 is 3. The summed E-state index contributed by atoms with van der Waals surface area (Å²) in [5.74, 6) is 2.91. The van der Waals surface area contributed by atoms with Crippen LogP contribution in [0.4, 0.5) is 0 Å². The predicted octanol–water partition coefficient (Wildman–Crippen LogP) is 4.61. The van der Waals surface area contributed by atoms with E-state index in [-0.39, 0.29) is 17.7 Å². The van der Waals surface area contributed by atoms with Crippen LogP contribution in [0.3, 0.4) is 0 Å². The van der Waals surface area contributed by atoms with Crippen LogP contribution in [0.15, 0.2) is 41.6 Å². The lowest BCUT2D eigenvalue weighted by Crippen LogP contribution is -2.32. The van der Waals surface area contributed by atoms with E-state index in [1.807, 2.05) is 23.1 Å². The Morgan fingerprint density at radius 1 is 1.15 bits per heavy atom. The number of ether oxygens (including phenoxy) is 3. The molecular weight excluding hydrogens is 464 g/mol. The maximum atomic E-state index is 13.1. The Labute approximate surface area is 201 Å². The first-order valence-electron chi connectivity index (χ1n) is 10.4. The Kier molecular flexibility index (Phi) is 7.29. The summed E-state index contributed by atoms with van der Waals surface area (Å²) < 4.78 is 16.3. The van der Waals surface area contributed by atoms with E-state index >= 15 is 0 Å². The summed E-state index contributed by atoms with van der Waals surface area (Å²) in [6.07, 6.45) is 1.81. The highest BCUT2D eigenvalue weighted by Crippen LogP contribution is 2.39. The Balaban J connectivity index is 1.46. The minimum absolute atomic E-state index is 0.0269. The number of aromatic amines is 1. The molecule has 174 valence electrons. The molecule has 1 aliphatic rings. The van der Waals surface area contributed by atoms with Gasteiger partial charge in [0.25, 0.3) is 0 Å². The van der Waals surface area contributed by atoms with Gasteiger partial charge in [-0.05, 0) is 49.2 Å². The van der Waals surface area contributed by atoms with Crippen LogP contribution in [0.5, 0.6) is 17.2 Å². The molecule has 0 bridgehead atoms. The second kappa shape index (κ2) is 10.4. The second-order valence-corrected chi connectivity index (χ2v) is 8.83. The van der Waals surface area contributed by atoms with E-state index < -0.39 is 0 Å². The number of aromatic nitrogens is 3. The van der Waals surface area contributed by atoms with Crippen molar-refractivity contribution in [3.63, 3.8) is 0 Å². The molecule has 1 fully saturated rings. The zero-order valence-corrected chi connectivity index (χ0v) is 20.2. The van der Waals surface area contributed by atoms with E-state index in [1.54, 1.807) is 39.5 Å². The van der Waals surface area contributed by atoms with Gasteiger partial charge >= 0.3 is 0 Å². The van der Waals surface area contributed by atoms with Gasteiger partial charge < -0.3 is 19.1 Å². The monoisotopic (exact) mass is 488 g/mol. The first kappa shape index (κ1) is 23.3. The van der Waals surface area contributed by atoms with Gasteiger partial charge in [-0.25, -0.2) is 4.98 Å². The van der Waals surface area contributed by atoms with Crippen molar-refractivity contribution >= 4 is 29.3 Å². The van der Waals surface area contributed by atoms with Gasteiger partial charge in [-0.1, -0.05) is 23.4 Å². The van der Waals surface area contributed by atoms with Gasteiger partial charge in [0, 0.05) is 17.1 Å². The molecule has 1 unspecified atom stereocenters. The van der Waals surface area contributed by atoms with E-state index in [1.165, 1.54) is 11.8 Å². The van der Waals surface area contributed by atoms with Crippen molar-refractivity contribution in [2.24, 2.45) is 0 Å². The minimum Gasteiger partial charge on any atom is -0.497 e. The fourth-order valence-electron chi connectivity index (χ4n) is 3.99. The van der Waals surface area contributed by atoms with E-state index in [2.05, 4.69) is 15.2 Å². The van der Waals surface area contributed by atoms with E-state index in [0.29, 0.717) is 33.9 Å². The maximum Gasteiger partial charge on any atom is 0.233 e. The van der Waals surface area contributed by atoms with Gasteiger partial charge in [0.1, 0.15) is 17.2 Å². The van der Waals surface area contributed by atoms with Crippen molar-refractivity contribution < 1.29 is 19.0 Å². The number of amides is 1. The number of nitrogens with one attached hydrogen (secondary N) is 1. The Hall–Kier alpha value is -2.91. The number of likely N-dealkylation sites (tertiary alicyclic amines) is 1. The molecule has 0 spiro atoms. The summed E-state index contributed by atoms with van der Waals surface area (Å²) >= 11 is 7.41. The zero-order valence-electron chi connectivity index (χ0n) is 18.6. The van der Waals surface area contributed by atoms with Gasteiger partial charge in [0.2, 0.25) is 11.1 Å². The van der Waals surface area contributed by atoms with Gasteiger partial charge in [0.15, 0.2) is 5.82 Å². The molecule has 3 aromatic rings. The summed E-state index contributed by atoms with van der Waals surface area (Å²) in [4.78, 5) is 19.5. The van der Waals surface area contributed by atoms with Crippen LogP contribution in [-0.4, -0.2) is 59.6 Å². The van der Waals surface area contributed by atoms with Crippen molar-refractivity contribution in [1.82, 2.24) is 20.1 Å². The summed E-state index contributed by atoms with van der Waals surface area (Å²) in [5.41, 5.74) is 1.67. The van der Waals surface area contributed by atoms with Crippen LogP contribution in [-0.2, 0) is 4.79 Å². The number of rotatable bonds is 8. The van der Waals surface area contributed by atoms with Crippen LogP contribution in [0.2, 0.25) is 5.02 Å². The third-order valence-corrected chi connectivity index (χ3v) is 6.64. The number of benzene rings is 2. The minimum atomic E-state index is -0.0541. The van der Waals surface area contributed by atoms with E-state index in [9.17, 15) is 4.79 Å². The number of hydrogen-bond acceptors (Lipinski definition) is 7. The van der Waals surface area contributed by atoms with Crippen LogP contribution in [0.1, 0.15) is 24.4 Å². The summed E-state index contributed by atoms with van der Waals surface area (Å²) in [7, 11) is 4.85. The molecular formula is C23H25ClN4O4S. The molecule has 1 aliphatic heterocycles. The molecule has 33 heavy (non-hydrogen) atoms. The van der Waals surface area contributed by atoms with Gasteiger partial charge in [-0.3, -0.25) is 9.89 Å². The summed E-state index contributed by atoms with van der Waals surface area (Å²) in [5, 5.41) is 8.20. The van der Waals surface area contributed by atoms with Crippen molar-refractivity contribution in [1.29, 1.82) is 0 Å². The number of thioether (sulfide) groups is 1. The molecule has 0 radical (unpaired) electrons. The quantitative estimate of drug-likeness (QED) is 0.463. The Morgan fingerprint density at radius 2 is 1.94 bits per heavy atom. The van der Waals surface area contributed by atoms with Gasteiger partial charge in [-0.15, -0.1) is 5.10 Å². The van der Waals surface area contributed by atoms with Crippen molar-refractivity contribution in [3.05, 3.63) is 47.0 Å². The van der Waals surface area contributed by atoms with Gasteiger partial charge in [0.05, 0.1) is 38.7 Å². The lowest BCUT2D eigenvalue weighted by atomic mass is 10.0. The SMILES string of the molecule is COc1ccc(OC)c(C2CCCN2C(=O)CSc2n[nH]c(-c3cc(Cl)ccc3OC)n2)c1. The molecule has 0 aliphatic carbocycles. The first-order chi connectivity index (χ1) is 16.0. The Bertz CT molecular complexity index is 1140. The van der Waals surface area contributed by atoms with Crippen LogP contribution < -0.4 is 14.2 Å². The number of hydrogen-bond donors (Lipinski definition) is 1. The normalized spacial score (nSPS) is 15.5. The number of nitrogens with zero attached hydrogens (tertiary/aromatic N) is 3. The standard InChI is InChI=1S/C23H25ClN4O4S/c1-30-15-7-9-19(31-2)16(12-15)18-5-4-10-28(18)21(29)13-33-23-25-22(26-27-23)17-11-14(24)6-8-20(17)32-3/h6-9,11-12,18H,4-5,10,13H2,1-3H3,(H,25,26,27). The maximum absolute atomic E-state index is 13.1. The third kappa shape index (κ3) is 5.04. The molecule has 10 heteroatoms. The van der Waals surface area contributed by atoms with Crippen molar-refractivity contribution in [2.45, 2.75) is 24.0 Å². The topological polar surface area (TPSA) is 89.6 Å². The Morgan fingerprint density at radius 3 is 2.70 bits per heavy atom. The van der Waals surface area contributed by atoms with Crippen molar-refractivity contribution in [3.8, 4) is 28.6 Å². The van der Waals surface area contributed by atoms with Crippen molar-refractivity contribution in [2.75, 3.05) is 33.6 Å². The molecule has 0 saturated carbocycles. The predicted molar refractivity (Wildman–Crippen MR) is 127 cm³/mol. The molecule has 1 aromatic heterocycles. The summed E-state index contributed by atoms with van der Waals surface area (Å²) in [6.45, 7) is 0.698. The zero-order chi connectivity index (χ0) is 23.4. The number of halogens is 1. The molecule has 1 N–H and O–H groups in total.